The van der Waals surface area contributed by atoms with Crippen molar-refractivity contribution in [2.45, 2.75) is 83.5 Å². The molecule has 0 aromatic rings. The molecule has 0 aromatic carbocycles. The fraction of sp³-hybridized carbons (Fsp3) is 0.800. The molecule has 8 aliphatic rings. The first-order chi connectivity index (χ1) is 17.9. The second-order valence-corrected chi connectivity index (χ2v) is 14.3. The lowest BCUT2D eigenvalue weighted by Crippen LogP contribution is -2.71. The molecule has 8 heteroatoms. The smallest absolute Gasteiger partial charge is 0.306 e. The number of ether oxygens (including phenoxy) is 3. The molecule has 0 radical (unpaired) electrons. The van der Waals surface area contributed by atoms with Crippen molar-refractivity contribution in [1.82, 2.24) is 4.90 Å². The van der Waals surface area contributed by atoms with Gasteiger partial charge in [0.25, 0.3) is 0 Å². The van der Waals surface area contributed by atoms with Crippen molar-refractivity contribution in [3.63, 3.8) is 0 Å². The minimum absolute atomic E-state index is 0.0299. The number of hydrogen-bond acceptors (Lipinski definition) is 8. The molecule has 206 valence electrons. The number of allylic oxidation sites excluding steroid dienone is 3. The number of hydrogen-bond donors (Lipinski definition) is 2. The molecule has 0 amide bonds. The van der Waals surface area contributed by atoms with E-state index in [9.17, 15) is 19.8 Å². The van der Waals surface area contributed by atoms with Crippen LogP contribution in [-0.4, -0.2) is 70.3 Å². The van der Waals surface area contributed by atoms with E-state index in [0.717, 1.165) is 37.0 Å². The SMILES string of the molecule is CC1=CC(=O)[C@@H]2[C@@H](C1)[C@]13C=C4N5C[C@@H]6O[C@@]5(CC[C@@]4(C)[C@]4(COC(=O)C4)[C@H]1[C@@](O)(OC3)[C@@H]2C)C[C@@H](C)[C@H]6O. The molecule has 5 heterocycles. The molecular formula is C30H39NO7. The van der Waals surface area contributed by atoms with E-state index in [1.165, 1.54) is 0 Å². The molecule has 8 rings (SSSR count). The number of rotatable bonds is 0. The van der Waals surface area contributed by atoms with E-state index in [1.807, 2.05) is 13.8 Å². The standard InChI is InChI=1S/C30H39NO7/c1-15-7-18-23(19(32)8-15)17(3)30(35)25-27(18,13-37-30)10-21-26(4,28(25)11-22(33)36-14-28)5-6-29-9-16(2)24(34)20(38-29)12-31(21)29/h8,10,16-18,20,23-25,34-35H,5-7,9,11-14H2,1-4H3/t16-,17-,18-,20+,23+,24-,25+,26-,27-,28-,29+,30+/m1/s1. The van der Waals surface area contributed by atoms with Gasteiger partial charge in [0.15, 0.2) is 11.6 Å². The molecule has 4 bridgehead atoms. The van der Waals surface area contributed by atoms with Crippen LogP contribution in [0.5, 0.6) is 0 Å². The summed E-state index contributed by atoms with van der Waals surface area (Å²) in [6.45, 7) is 9.51. The molecule has 5 aliphatic heterocycles. The lowest BCUT2D eigenvalue weighted by Gasteiger charge is -2.68. The van der Waals surface area contributed by atoms with Crippen LogP contribution in [0.2, 0.25) is 0 Å². The summed E-state index contributed by atoms with van der Waals surface area (Å²) in [5.41, 5.74) is -0.00357. The molecule has 5 saturated heterocycles. The Hall–Kier alpha value is -1.74. The molecule has 2 N–H and O–H groups in total. The van der Waals surface area contributed by atoms with Gasteiger partial charge in [0.1, 0.15) is 11.8 Å². The maximum atomic E-state index is 13.5. The van der Waals surface area contributed by atoms with Gasteiger partial charge < -0.3 is 29.3 Å². The van der Waals surface area contributed by atoms with Crippen LogP contribution >= 0.6 is 0 Å². The van der Waals surface area contributed by atoms with Gasteiger partial charge in [-0.05, 0) is 44.1 Å². The number of ketones is 1. The van der Waals surface area contributed by atoms with Crippen molar-refractivity contribution in [3.8, 4) is 0 Å². The average Bonchev–Trinajstić information content (AvgIpc) is 3.49. The molecule has 38 heavy (non-hydrogen) atoms. The van der Waals surface area contributed by atoms with Crippen LogP contribution in [-0.2, 0) is 23.8 Å². The molecule has 12 atom stereocenters. The Morgan fingerprint density at radius 3 is 2.68 bits per heavy atom. The van der Waals surface area contributed by atoms with E-state index in [2.05, 4.69) is 24.8 Å². The molecular weight excluding hydrogens is 486 g/mol. The Bertz CT molecular complexity index is 1230. The maximum absolute atomic E-state index is 13.5. The van der Waals surface area contributed by atoms with Crippen molar-refractivity contribution in [2.75, 3.05) is 19.8 Å². The first-order valence-corrected chi connectivity index (χ1v) is 14.5. The number of cyclic esters (lactones) is 1. The van der Waals surface area contributed by atoms with Gasteiger partial charge in [-0.1, -0.05) is 32.4 Å². The number of esters is 1. The summed E-state index contributed by atoms with van der Waals surface area (Å²) in [5.74, 6) is -2.67. The Balaban J connectivity index is 1.39. The largest absolute Gasteiger partial charge is 0.465 e. The summed E-state index contributed by atoms with van der Waals surface area (Å²) < 4.78 is 18.9. The number of carbonyl (C=O) groups is 2. The minimum Gasteiger partial charge on any atom is -0.465 e. The fourth-order valence-electron chi connectivity index (χ4n) is 11.1. The predicted octanol–water partition coefficient (Wildman–Crippen LogP) is 2.54. The number of piperidine rings is 1. The molecule has 8 nitrogen and oxygen atoms in total. The fourth-order valence-corrected chi connectivity index (χ4v) is 11.1. The third-order valence-electron chi connectivity index (χ3n) is 12.8. The van der Waals surface area contributed by atoms with Crippen LogP contribution in [0.15, 0.2) is 23.4 Å². The Morgan fingerprint density at radius 1 is 1.16 bits per heavy atom. The van der Waals surface area contributed by atoms with E-state index >= 15 is 0 Å². The Labute approximate surface area is 223 Å². The van der Waals surface area contributed by atoms with Crippen LogP contribution < -0.4 is 0 Å². The highest BCUT2D eigenvalue weighted by molar-refractivity contribution is 5.94. The van der Waals surface area contributed by atoms with E-state index in [0.29, 0.717) is 13.2 Å². The first-order valence-electron chi connectivity index (χ1n) is 14.5. The minimum atomic E-state index is -1.52. The topological polar surface area (TPSA) is 106 Å². The van der Waals surface area contributed by atoms with Crippen molar-refractivity contribution in [3.05, 3.63) is 23.4 Å². The summed E-state index contributed by atoms with van der Waals surface area (Å²) >= 11 is 0. The van der Waals surface area contributed by atoms with Crippen LogP contribution in [0.1, 0.15) is 59.8 Å². The van der Waals surface area contributed by atoms with E-state index in [4.69, 9.17) is 14.2 Å². The third-order valence-corrected chi connectivity index (χ3v) is 12.8. The van der Waals surface area contributed by atoms with Gasteiger partial charge in [0.05, 0.1) is 25.7 Å². The quantitative estimate of drug-likeness (QED) is 0.465. The lowest BCUT2D eigenvalue weighted by atomic mass is 9.37. The second-order valence-electron chi connectivity index (χ2n) is 14.3. The summed E-state index contributed by atoms with van der Waals surface area (Å²) in [4.78, 5) is 28.9. The number of fused-ring (bicyclic) bond motifs is 5. The number of nitrogens with zero attached hydrogens (tertiary/aromatic N) is 1. The summed E-state index contributed by atoms with van der Waals surface area (Å²) in [5, 5.41) is 23.4. The zero-order valence-electron chi connectivity index (χ0n) is 22.7. The van der Waals surface area contributed by atoms with Gasteiger partial charge in [-0.25, -0.2) is 0 Å². The van der Waals surface area contributed by atoms with Crippen molar-refractivity contribution in [2.24, 2.45) is 45.8 Å². The molecule has 3 aliphatic carbocycles. The van der Waals surface area contributed by atoms with Gasteiger partial charge in [-0.2, -0.15) is 0 Å². The Kier molecular flexibility index (Phi) is 4.40. The first kappa shape index (κ1) is 24.1. The maximum Gasteiger partial charge on any atom is 0.306 e. The van der Waals surface area contributed by atoms with E-state index < -0.39 is 39.8 Å². The van der Waals surface area contributed by atoms with E-state index in [1.54, 1.807) is 6.08 Å². The molecule has 2 spiro atoms. The summed E-state index contributed by atoms with van der Waals surface area (Å²) in [7, 11) is 0. The van der Waals surface area contributed by atoms with Crippen LogP contribution in [0, 0.1) is 45.8 Å². The monoisotopic (exact) mass is 525 g/mol. The van der Waals surface area contributed by atoms with Crippen molar-refractivity contribution in [1.29, 1.82) is 0 Å². The van der Waals surface area contributed by atoms with Gasteiger partial charge in [-0.15, -0.1) is 0 Å². The van der Waals surface area contributed by atoms with Crippen molar-refractivity contribution < 1.29 is 34.0 Å². The molecule has 6 fully saturated rings. The van der Waals surface area contributed by atoms with Crippen LogP contribution in [0.25, 0.3) is 0 Å². The van der Waals surface area contributed by atoms with Crippen molar-refractivity contribution >= 4 is 11.8 Å². The van der Waals surface area contributed by atoms with Gasteiger partial charge in [0, 0.05) is 52.7 Å². The molecule has 0 unspecified atom stereocenters. The highest BCUT2D eigenvalue weighted by Gasteiger charge is 2.81. The normalized spacial score (nSPS) is 58.1. The predicted molar refractivity (Wildman–Crippen MR) is 134 cm³/mol. The van der Waals surface area contributed by atoms with Crippen LogP contribution in [0.3, 0.4) is 0 Å². The van der Waals surface area contributed by atoms with Crippen LogP contribution in [0.4, 0.5) is 0 Å². The molecule has 1 saturated carbocycles. The number of carbonyl (C=O) groups excluding carboxylic acids is 2. The number of aliphatic hydroxyl groups is 2. The highest BCUT2D eigenvalue weighted by Crippen LogP contribution is 2.78. The second kappa shape index (κ2) is 6.93. The zero-order chi connectivity index (χ0) is 26.6. The number of aliphatic hydroxyl groups excluding tert-OH is 1. The van der Waals surface area contributed by atoms with E-state index in [-0.39, 0.29) is 54.6 Å². The Morgan fingerprint density at radius 2 is 1.95 bits per heavy atom. The van der Waals surface area contributed by atoms with Gasteiger partial charge >= 0.3 is 5.97 Å². The summed E-state index contributed by atoms with van der Waals surface area (Å²) in [6.07, 6.45) is 6.69. The lowest BCUT2D eigenvalue weighted by molar-refractivity contribution is -0.294. The van der Waals surface area contributed by atoms with Gasteiger partial charge in [-0.3, -0.25) is 9.59 Å². The molecule has 0 aromatic heterocycles. The average molecular weight is 526 g/mol. The highest BCUT2D eigenvalue weighted by atomic mass is 16.6. The summed E-state index contributed by atoms with van der Waals surface area (Å²) in [6, 6.07) is 0. The van der Waals surface area contributed by atoms with Gasteiger partial charge in [0.2, 0.25) is 0 Å². The third kappa shape index (κ3) is 2.42. The zero-order valence-corrected chi connectivity index (χ0v) is 22.7.